The Kier molecular flexibility index (Phi) is 7.76. The maximum absolute atomic E-state index is 12.2. The first-order valence-electron chi connectivity index (χ1n) is 9.23. The van der Waals surface area contributed by atoms with Crippen molar-refractivity contribution in [2.24, 2.45) is 0 Å². The van der Waals surface area contributed by atoms with Crippen LogP contribution in [0, 0.1) is 0 Å². The maximum Gasteiger partial charge on any atom is 0.349 e. The molecule has 10 nitrogen and oxygen atoms in total. The zero-order valence-electron chi connectivity index (χ0n) is 17.7. The molecule has 34 heavy (non-hydrogen) atoms. The molecule has 0 spiro atoms. The van der Waals surface area contributed by atoms with E-state index in [4.69, 9.17) is 0 Å². The summed E-state index contributed by atoms with van der Waals surface area (Å²) in [6, 6.07) is 9.19. The minimum Gasteiger partial charge on any atom is -0.465 e. The lowest BCUT2D eigenvalue weighted by Gasteiger charge is -2.05. The van der Waals surface area contributed by atoms with Gasteiger partial charge in [0, 0.05) is 24.8 Å². The van der Waals surface area contributed by atoms with E-state index in [0.717, 1.165) is 30.6 Å². The first-order chi connectivity index (χ1) is 16.1. The van der Waals surface area contributed by atoms with Crippen LogP contribution in [0.2, 0.25) is 0 Å². The summed E-state index contributed by atoms with van der Waals surface area (Å²) in [4.78, 5) is 22.9. The normalized spacial score (nSPS) is 11.4. The van der Waals surface area contributed by atoms with Gasteiger partial charge in [-0.3, -0.25) is 0 Å². The molecular weight excluding hydrogens is 524 g/mol. The molecule has 0 radical (unpaired) electrons. The van der Waals surface area contributed by atoms with Gasteiger partial charge >= 0.3 is 11.9 Å². The number of thiophene rings is 2. The Balaban J connectivity index is 0.000000191. The third kappa shape index (κ3) is 4.99. The Hall–Kier alpha value is -3.20. The number of carbonyl (C=O) groups is 2. The van der Waals surface area contributed by atoms with Gasteiger partial charge in [0.1, 0.15) is 19.5 Å². The first kappa shape index (κ1) is 25.4. The van der Waals surface area contributed by atoms with E-state index in [1.807, 2.05) is 0 Å². The molecule has 14 heteroatoms. The van der Waals surface area contributed by atoms with Crippen molar-refractivity contribution in [3.05, 3.63) is 81.7 Å². The van der Waals surface area contributed by atoms with E-state index in [0.29, 0.717) is 0 Å². The first-order valence-corrected chi connectivity index (χ1v) is 13.9. The molecule has 0 aromatic carbocycles. The fraction of sp³-hybridized carbons (Fsp3) is 0.100. The molecule has 0 aliphatic carbocycles. The van der Waals surface area contributed by atoms with Crippen LogP contribution in [0.3, 0.4) is 0 Å². The zero-order chi connectivity index (χ0) is 24.9. The molecule has 0 atom stereocenters. The number of methoxy groups -OCH3 is 2. The minimum absolute atomic E-state index is 0.0365. The van der Waals surface area contributed by atoms with Crippen LogP contribution >= 0.6 is 22.7 Å². The SMILES string of the molecule is COC(=O)c1sccc1S(=O)(=O)n1cccc1.COC(=O)c1sccc1S(=O)(=O)n1cccc1. The number of nitrogens with zero attached hydrogens (tertiary/aromatic N) is 2. The molecule has 0 fully saturated rings. The Labute approximate surface area is 203 Å². The third-order valence-corrected chi connectivity index (χ3v) is 9.70. The number of carbonyl (C=O) groups excluding carboxylic acids is 2. The quantitative estimate of drug-likeness (QED) is 0.340. The average molecular weight is 543 g/mol. The molecule has 0 bridgehead atoms. The van der Waals surface area contributed by atoms with Gasteiger partial charge in [0.2, 0.25) is 0 Å². The lowest BCUT2D eigenvalue weighted by molar-refractivity contribution is 0.0593. The molecule has 4 aromatic heterocycles. The molecule has 0 unspecified atom stereocenters. The van der Waals surface area contributed by atoms with Crippen molar-refractivity contribution in [2.75, 3.05) is 14.2 Å². The van der Waals surface area contributed by atoms with Gasteiger partial charge in [0.05, 0.1) is 14.2 Å². The van der Waals surface area contributed by atoms with Crippen LogP contribution in [0.5, 0.6) is 0 Å². The molecule has 0 aliphatic heterocycles. The number of ether oxygens (including phenoxy) is 2. The van der Waals surface area contributed by atoms with Crippen LogP contribution in [0.4, 0.5) is 0 Å². The van der Waals surface area contributed by atoms with Crippen molar-refractivity contribution in [1.82, 2.24) is 7.94 Å². The molecule has 0 amide bonds. The number of rotatable bonds is 6. The van der Waals surface area contributed by atoms with Crippen LogP contribution < -0.4 is 0 Å². The molecule has 4 aromatic rings. The summed E-state index contributed by atoms with van der Waals surface area (Å²) in [5, 5.41) is 3.09. The number of hydrogen-bond donors (Lipinski definition) is 0. The summed E-state index contributed by atoms with van der Waals surface area (Å²) < 4.78 is 59.8. The van der Waals surface area contributed by atoms with E-state index in [2.05, 4.69) is 9.47 Å². The standard InChI is InChI=1S/2C10H9NO4S2/c2*1-15-10(12)9-8(4-7-16-9)17(13,14)11-5-2-3-6-11/h2*2-7H,1H3. The lowest BCUT2D eigenvalue weighted by Crippen LogP contribution is -2.14. The van der Waals surface area contributed by atoms with Gasteiger partial charge in [0.15, 0.2) is 0 Å². The van der Waals surface area contributed by atoms with Crippen LogP contribution in [-0.4, -0.2) is 50.9 Å². The van der Waals surface area contributed by atoms with Crippen molar-refractivity contribution in [3.63, 3.8) is 0 Å². The number of aromatic nitrogens is 2. The zero-order valence-corrected chi connectivity index (χ0v) is 21.0. The van der Waals surface area contributed by atoms with E-state index in [-0.39, 0.29) is 19.5 Å². The summed E-state index contributed by atoms with van der Waals surface area (Å²) >= 11 is 2.08. The predicted molar refractivity (Wildman–Crippen MR) is 125 cm³/mol. The number of esters is 2. The van der Waals surface area contributed by atoms with E-state index < -0.39 is 32.0 Å². The highest BCUT2D eigenvalue weighted by molar-refractivity contribution is 7.90. The Morgan fingerprint density at radius 3 is 1.29 bits per heavy atom. The summed E-state index contributed by atoms with van der Waals surface area (Å²) in [5.41, 5.74) is 0. The van der Waals surface area contributed by atoms with Gasteiger partial charge in [-0.15, -0.1) is 22.7 Å². The Bertz CT molecular complexity index is 1360. The molecule has 0 saturated heterocycles. The smallest absolute Gasteiger partial charge is 0.349 e. The van der Waals surface area contributed by atoms with Crippen molar-refractivity contribution in [3.8, 4) is 0 Å². The largest absolute Gasteiger partial charge is 0.465 e. The summed E-state index contributed by atoms with van der Waals surface area (Å²) in [5.74, 6) is -1.29. The minimum atomic E-state index is -3.71. The highest BCUT2D eigenvalue weighted by atomic mass is 32.2. The lowest BCUT2D eigenvalue weighted by atomic mass is 10.5. The van der Waals surface area contributed by atoms with Crippen molar-refractivity contribution in [2.45, 2.75) is 9.79 Å². The molecule has 0 N–H and O–H groups in total. The van der Waals surface area contributed by atoms with Gasteiger partial charge in [-0.1, -0.05) is 0 Å². The molecule has 4 heterocycles. The topological polar surface area (TPSA) is 131 Å². The average Bonchev–Trinajstić information content (AvgIpc) is 3.64. The van der Waals surface area contributed by atoms with Crippen molar-refractivity contribution in [1.29, 1.82) is 0 Å². The highest BCUT2D eigenvalue weighted by Gasteiger charge is 2.26. The fourth-order valence-electron chi connectivity index (χ4n) is 2.67. The maximum atomic E-state index is 12.2. The van der Waals surface area contributed by atoms with E-state index in [1.54, 1.807) is 35.0 Å². The van der Waals surface area contributed by atoms with Crippen molar-refractivity contribution >= 4 is 54.7 Å². The Morgan fingerprint density at radius 1 is 0.676 bits per heavy atom. The third-order valence-electron chi connectivity index (χ3n) is 4.26. The summed E-state index contributed by atoms with van der Waals surface area (Å²) in [6.07, 6.45) is 5.64. The molecule has 0 saturated carbocycles. The molecule has 180 valence electrons. The predicted octanol–water partition coefficient (Wildman–Crippen LogP) is 3.15. The molecule has 0 aliphatic rings. The van der Waals surface area contributed by atoms with Gasteiger partial charge < -0.3 is 9.47 Å². The van der Waals surface area contributed by atoms with Crippen LogP contribution in [0.25, 0.3) is 0 Å². The van der Waals surface area contributed by atoms with Crippen molar-refractivity contribution < 1.29 is 35.9 Å². The second-order valence-electron chi connectivity index (χ2n) is 6.25. The van der Waals surface area contributed by atoms with Crippen LogP contribution in [-0.2, 0) is 29.5 Å². The summed E-state index contributed by atoms with van der Waals surface area (Å²) in [7, 11) is -4.99. The summed E-state index contributed by atoms with van der Waals surface area (Å²) in [6.45, 7) is 0. The molecule has 4 rings (SSSR count). The van der Waals surface area contributed by atoms with Crippen LogP contribution in [0.15, 0.2) is 81.7 Å². The monoisotopic (exact) mass is 542 g/mol. The number of hydrogen-bond acceptors (Lipinski definition) is 10. The fourth-order valence-corrected chi connectivity index (χ4v) is 7.66. The van der Waals surface area contributed by atoms with Gasteiger partial charge in [-0.25, -0.2) is 34.4 Å². The van der Waals surface area contributed by atoms with E-state index in [9.17, 15) is 26.4 Å². The second kappa shape index (κ2) is 10.4. The Morgan fingerprint density at radius 2 is 1.00 bits per heavy atom. The second-order valence-corrected chi connectivity index (χ2v) is 11.7. The van der Waals surface area contributed by atoms with E-state index >= 15 is 0 Å². The van der Waals surface area contributed by atoms with Gasteiger partial charge in [0.25, 0.3) is 20.0 Å². The highest BCUT2D eigenvalue weighted by Crippen LogP contribution is 2.26. The van der Waals surface area contributed by atoms with Crippen LogP contribution in [0.1, 0.15) is 19.3 Å². The van der Waals surface area contributed by atoms with Gasteiger partial charge in [-0.2, -0.15) is 0 Å². The van der Waals surface area contributed by atoms with Gasteiger partial charge in [-0.05, 0) is 47.2 Å². The molecular formula is C20H18N2O8S4. The van der Waals surface area contributed by atoms with E-state index in [1.165, 1.54) is 51.1 Å².